The van der Waals surface area contributed by atoms with Gasteiger partial charge in [-0.3, -0.25) is 52.7 Å². The predicted octanol–water partition coefficient (Wildman–Crippen LogP) is -2.28. The number of nitrogens with two attached hydrogens (primary N) is 4. The average Bonchev–Trinajstić information content (AvgIpc) is 3.34. The van der Waals surface area contributed by atoms with Crippen LogP contribution in [0.3, 0.4) is 0 Å². The van der Waals surface area contributed by atoms with Gasteiger partial charge in [0.1, 0.15) is 48.3 Å². The highest BCUT2D eigenvalue weighted by atomic mass is 16.4. The molecule has 0 saturated carbocycles. The number of carboxylic acids is 1. The molecule has 1 aromatic rings. The molecule has 9 atom stereocenters. The minimum atomic E-state index is -1.65. The van der Waals surface area contributed by atoms with Gasteiger partial charge in [-0.2, -0.15) is 0 Å². The average molecular weight is 1100 g/mol. The second-order valence-electron chi connectivity index (χ2n) is 21.1. The van der Waals surface area contributed by atoms with Gasteiger partial charge in [0, 0.05) is 12.8 Å². The van der Waals surface area contributed by atoms with Gasteiger partial charge in [-0.05, 0) is 81.2 Å². The fraction of sp³-hybridized carbons (Fsp3) is 0.654. The van der Waals surface area contributed by atoms with E-state index in [2.05, 4.69) is 47.9 Å². The van der Waals surface area contributed by atoms with Gasteiger partial charge >= 0.3 is 5.97 Å². The Morgan fingerprint density at radius 3 is 1.51 bits per heavy atom. The lowest BCUT2D eigenvalue weighted by Crippen LogP contribution is -2.60. The Labute approximate surface area is 456 Å². The molecule has 26 nitrogen and oxygen atoms in total. The molecule has 0 radical (unpaired) electrons. The zero-order chi connectivity index (χ0) is 59.4. The summed E-state index contributed by atoms with van der Waals surface area (Å²) in [4.78, 5) is 158. The standard InChI is InChI=1S/C52H87N13O13/c1-27(2)21-35(62-49(74)38(25-41(56)67)63-51(76)43(30(7)8)65-50(75)36(22-28(3)4)61-45(70)33(54)17-13-14-20-53)46(71)57-26-42(68)59-37(24-32-15-11-10-12-16-32)48(73)60-34(18-19-40(55)66)47(72)58-31(9)44(69)64-39(52(77)78)23-29(5)6/h10-12,15-16,27-31,33-39,43H,13-14,17-26,53-54H2,1-9H3,(H2,55,66)(H2,56,67)(H,57,71)(H,58,72)(H,59,68)(H,60,73)(H,61,70)(H,62,74)(H,63,76)(H,64,69)(H,65,75)(H,77,78)/t31-,33-,34-,35-,36-,37-,38-,39-,43-/m0/s1. The first-order valence-corrected chi connectivity index (χ1v) is 26.4. The van der Waals surface area contributed by atoms with E-state index in [1.54, 1.807) is 71.9 Å². The Bertz CT molecular complexity index is 2190. The van der Waals surface area contributed by atoms with Gasteiger partial charge in [-0.15, -0.1) is 0 Å². The van der Waals surface area contributed by atoms with Crippen LogP contribution in [0.4, 0.5) is 0 Å². The maximum atomic E-state index is 14.0. The molecule has 1 rings (SSSR count). The lowest BCUT2D eigenvalue weighted by atomic mass is 9.98. The van der Waals surface area contributed by atoms with Gasteiger partial charge in [0.2, 0.25) is 65.0 Å². The molecule has 11 amide bonds. The number of carbonyl (C=O) groups is 12. The van der Waals surface area contributed by atoms with E-state index in [1.165, 1.54) is 6.92 Å². The van der Waals surface area contributed by atoms with Crippen LogP contribution in [-0.2, 0) is 64.0 Å². The van der Waals surface area contributed by atoms with Crippen molar-refractivity contribution < 1.29 is 62.6 Å². The number of aliphatic carboxylic acids is 1. The Kier molecular flexibility index (Phi) is 31.1. The Balaban J connectivity index is 3.32. The van der Waals surface area contributed by atoms with Gasteiger partial charge < -0.3 is 75.9 Å². The first kappa shape index (κ1) is 68.8. The first-order chi connectivity index (χ1) is 36.4. The number of hydrogen-bond acceptors (Lipinski definition) is 14. The van der Waals surface area contributed by atoms with Gasteiger partial charge in [0.05, 0.1) is 19.0 Å². The number of benzene rings is 1. The van der Waals surface area contributed by atoms with Crippen molar-refractivity contribution in [3.8, 4) is 0 Å². The third-order valence-electron chi connectivity index (χ3n) is 12.0. The number of nitrogens with one attached hydrogen (secondary N) is 9. The van der Waals surface area contributed by atoms with Crippen LogP contribution in [0.25, 0.3) is 0 Å². The molecule has 0 aliphatic heterocycles. The summed E-state index contributed by atoms with van der Waals surface area (Å²) >= 11 is 0. The highest BCUT2D eigenvalue weighted by Gasteiger charge is 2.35. The zero-order valence-electron chi connectivity index (χ0n) is 46.5. The van der Waals surface area contributed by atoms with Crippen LogP contribution >= 0.6 is 0 Å². The van der Waals surface area contributed by atoms with Crippen molar-refractivity contribution in [2.75, 3.05) is 13.1 Å². The number of hydrogen-bond donors (Lipinski definition) is 14. The van der Waals surface area contributed by atoms with E-state index in [-0.39, 0.29) is 56.3 Å². The van der Waals surface area contributed by atoms with E-state index < -0.39 is 144 Å². The summed E-state index contributed by atoms with van der Waals surface area (Å²) < 4.78 is 0. The van der Waals surface area contributed by atoms with Crippen LogP contribution in [0.15, 0.2) is 30.3 Å². The van der Waals surface area contributed by atoms with Crippen LogP contribution < -0.4 is 70.8 Å². The molecule has 0 unspecified atom stereocenters. The summed E-state index contributed by atoms with van der Waals surface area (Å²) in [6.07, 6.45) is 0.312. The van der Waals surface area contributed by atoms with E-state index in [1.807, 2.05) is 13.8 Å². The molecule has 0 aromatic heterocycles. The maximum absolute atomic E-state index is 14.0. The number of rotatable bonds is 37. The monoisotopic (exact) mass is 1100 g/mol. The van der Waals surface area contributed by atoms with E-state index >= 15 is 0 Å². The maximum Gasteiger partial charge on any atom is 0.326 e. The molecule has 0 heterocycles. The highest BCUT2D eigenvalue weighted by molar-refractivity contribution is 5.99. The molecular formula is C52H87N13O13. The van der Waals surface area contributed by atoms with Crippen molar-refractivity contribution in [3.05, 3.63) is 35.9 Å². The summed E-state index contributed by atoms with van der Waals surface area (Å²) in [6.45, 7) is 14.9. The van der Waals surface area contributed by atoms with Crippen LogP contribution in [0.5, 0.6) is 0 Å². The summed E-state index contributed by atoms with van der Waals surface area (Å²) in [5.74, 6) is -11.7. The fourth-order valence-corrected chi connectivity index (χ4v) is 7.85. The van der Waals surface area contributed by atoms with Crippen molar-refractivity contribution in [2.24, 2.45) is 46.6 Å². The van der Waals surface area contributed by atoms with E-state index in [0.29, 0.717) is 31.4 Å². The quantitative estimate of drug-likeness (QED) is 0.0312. The summed E-state index contributed by atoms with van der Waals surface area (Å²) in [7, 11) is 0. The Morgan fingerprint density at radius 1 is 0.500 bits per heavy atom. The van der Waals surface area contributed by atoms with Crippen molar-refractivity contribution in [2.45, 2.75) is 181 Å². The van der Waals surface area contributed by atoms with Gasteiger partial charge in [0.25, 0.3) is 0 Å². The van der Waals surface area contributed by atoms with Gasteiger partial charge in [0.15, 0.2) is 0 Å². The second-order valence-corrected chi connectivity index (χ2v) is 21.1. The molecule has 18 N–H and O–H groups in total. The molecule has 438 valence electrons. The van der Waals surface area contributed by atoms with Crippen LogP contribution in [-0.4, -0.2) is 144 Å². The van der Waals surface area contributed by atoms with Crippen LogP contribution in [0.1, 0.15) is 126 Å². The lowest BCUT2D eigenvalue weighted by molar-refractivity contribution is -0.142. The molecule has 0 aliphatic rings. The molecule has 0 fully saturated rings. The zero-order valence-corrected chi connectivity index (χ0v) is 46.5. The van der Waals surface area contributed by atoms with Crippen molar-refractivity contribution in [1.29, 1.82) is 0 Å². The molecule has 0 bridgehead atoms. The third kappa shape index (κ3) is 27.2. The van der Waals surface area contributed by atoms with E-state index in [0.717, 1.165) is 0 Å². The normalized spacial score (nSPS) is 14.7. The minimum absolute atomic E-state index is 0.00704. The Morgan fingerprint density at radius 2 is 0.987 bits per heavy atom. The molecule has 1 aromatic carbocycles. The van der Waals surface area contributed by atoms with Crippen molar-refractivity contribution >= 4 is 70.9 Å². The first-order valence-electron chi connectivity index (χ1n) is 26.4. The molecule has 0 spiro atoms. The van der Waals surface area contributed by atoms with E-state index in [9.17, 15) is 62.6 Å². The number of carbonyl (C=O) groups excluding carboxylic acids is 11. The number of primary amides is 2. The van der Waals surface area contributed by atoms with Gasteiger partial charge in [-0.1, -0.05) is 92.1 Å². The number of unbranched alkanes of at least 4 members (excludes halogenated alkanes) is 1. The highest BCUT2D eigenvalue weighted by Crippen LogP contribution is 2.12. The summed E-state index contributed by atoms with van der Waals surface area (Å²) in [5, 5.41) is 32.2. The number of carboxylic acid groups (broad SMARTS) is 1. The second kappa shape index (κ2) is 35.2. The van der Waals surface area contributed by atoms with Gasteiger partial charge in [-0.25, -0.2) is 4.79 Å². The summed E-state index contributed by atoms with van der Waals surface area (Å²) in [5.41, 5.74) is 23.0. The topological polar surface area (TPSA) is 437 Å². The Hall–Kier alpha value is -7.22. The van der Waals surface area contributed by atoms with Crippen molar-refractivity contribution in [1.82, 2.24) is 47.9 Å². The van der Waals surface area contributed by atoms with Crippen molar-refractivity contribution in [3.63, 3.8) is 0 Å². The lowest BCUT2D eigenvalue weighted by Gasteiger charge is -2.28. The third-order valence-corrected chi connectivity index (χ3v) is 12.0. The number of amides is 11. The van der Waals surface area contributed by atoms with Crippen LogP contribution in [0, 0.1) is 23.7 Å². The smallest absolute Gasteiger partial charge is 0.326 e. The minimum Gasteiger partial charge on any atom is -0.480 e. The predicted molar refractivity (Wildman–Crippen MR) is 288 cm³/mol. The molecule has 0 aliphatic carbocycles. The summed E-state index contributed by atoms with van der Waals surface area (Å²) in [6, 6.07) is -3.33. The van der Waals surface area contributed by atoms with Crippen LogP contribution in [0.2, 0.25) is 0 Å². The molecule has 0 saturated heterocycles. The fourth-order valence-electron chi connectivity index (χ4n) is 7.85. The molecule has 78 heavy (non-hydrogen) atoms. The largest absolute Gasteiger partial charge is 0.480 e. The SMILES string of the molecule is CC(C)C[C@H](NC(=O)[C@H](C)NC(=O)[C@H](CCC(N)=O)NC(=O)[C@H](Cc1ccccc1)NC(=O)CNC(=O)[C@H](CC(C)C)NC(=O)[C@H](CC(N)=O)NC(=O)[C@@H](NC(=O)[C@H](CC(C)C)NC(=O)[C@@H](N)CCCCN)C(C)C)C(=O)O. The molecule has 26 heteroatoms. The van der Waals surface area contributed by atoms with E-state index in [4.69, 9.17) is 22.9 Å². The molecular weight excluding hydrogens is 1010 g/mol.